The van der Waals surface area contributed by atoms with Crippen LogP contribution in [0.15, 0.2) is 36.4 Å². The fraction of sp³-hybridized carbons (Fsp3) is 0.231. The van der Waals surface area contributed by atoms with Crippen LogP contribution >= 0.6 is 0 Å². The average Bonchev–Trinajstić information content (AvgIpc) is 2.37. The van der Waals surface area contributed by atoms with Crippen molar-refractivity contribution >= 4 is 17.3 Å². The number of hydrogen-bond acceptors (Lipinski definition) is 2. The monoisotopic (exact) mass is 230 g/mol. The molecule has 88 valence electrons. The van der Waals surface area contributed by atoms with E-state index in [4.69, 9.17) is 10.3 Å². The maximum Gasteiger partial charge on any atom is 0.421 e. The summed E-state index contributed by atoms with van der Waals surface area (Å²) >= 11 is 0. The van der Waals surface area contributed by atoms with Gasteiger partial charge in [0.05, 0.1) is 6.61 Å². The van der Waals surface area contributed by atoms with Gasteiger partial charge in [-0.2, -0.15) is 4.79 Å². The van der Waals surface area contributed by atoms with Crippen LogP contribution in [-0.4, -0.2) is 23.1 Å². The Balaban J connectivity index is 2.95. The number of ether oxygens (including phenoxy) is 1. The van der Waals surface area contributed by atoms with Crippen molar-refractivity contribution in [3.63, 3.8) is 0 Å². The molecule has 0 aliphatic carbocycles. The van der Waals surface area contributed by atoms with Gasteiger partial charge in [-0.3, -0.25) is 0 Å². The minimum atomic E-state index is -0.634. The van der Waals surface area contributed by atoms with Gasteiger partial charge in [0.2, 0.25) is 0 Å². The van der Waals surface area contributed by atoms with E-state index in [9.17, 15) is 4.79 Å². The number of hydrogen-bond donors (Lipinski definition) is 0. The average molecular weight is 230 g/mol. The zero-order chi connectivity index (χ0) is 12.7. The molecule has 1 rings (SSSR count). The Morgan fingerprint density at radius 2 is 2.06 bits per heavy atom. The fourth-order valence-corrected chi connectivity index (χ4v) is 1.32. The third-order valence-corrected chi connectivity index (χ3v) is 2.17. The van der Waals surface area contributed by atoms with E-state index in [1.165, 1.54) is 6.08 Å². The second-order valence-corrected chi connectivity index (χ2v) is 3.40. The van der Waals surface area contributed by atoms with Gasteiger partial charge < -0.3 is 10.3 Å². The fourth-order valence-electron chi connectivity index (χ4n) is 1.32. The van der Waals surface area contributed by atoms with Gasteiger partial charge in [-0.15, -0.1) is 0 Å². The first-order valence-corrected chi connectivity index (χ1v) is 5.32. The van der Waals surface area contributed by atoms with Gasteiger partial charge in [0.1, 0.15) is 0 Å². The molecule has 0 N–H and O–H groups in total. The van der Waals surface area contributed by atoms with Gasteiger partial charge in [-0.05, 0) is 25.0 Å². The predicted molar refractivity (Wildman–Crippen MR) is 65.4 cm³/mol. The number of allylic oxidation sites excluding steroid dienone is 1. The van der Waals surface area contributed by atoms with Gasteiger partial charge in [0, 0.05) is 6.08 Å². The maximum absolute atomic E-state index is 11.4. The van der Waals surface area contributed by atoms with Crippen molar-refractivity contribution in [2.75, 3.05) is 6.61 Å². The van der Waals surface area contributed by atoms with E-state index in [2.05, 4.69) is 4.79 Å². The van der Waals surface area contributed by atoms with Crippen molar-refractivity contribution in [2.45, 2.75) is 13.8 Å². The highest BCUT2D eigenvalue weighted by molar-refractivity contribution is 6.39. The van der Waals surface area contributed by atoms with Gasteiger partial charge in [0.15, 0.2) is 0 Å². The lowest BCUT2D eigenvalue weighted by Gasteiger charge is -1.99. The van der Waals surface area contributed by atoms with E-state index < -0.39 is 5.97 Å². The van der Waals surface area contributed by atoms with Crippen LogP contribution in [0.2, 0.25) is 0 Å². The third-order valence-electron chi connectivity index (χ3n) is 2.17. The molecular formula is C13H14N2O2. The molecule has 0 unspecified atom stereocenters. The predicted octanol–water partition coefficient (Wildman–Crippen LogP) is 2.32. The normalized spacial score (nSPS) is 10.6. The number of carbonyl (C=O) groups excluding carboxylic acids is 1. The zero-order valence-electron chi connectivity index (χ0n) is 9.88. The first kappa shape index (κ1) is 12.9. The summed E-state index contributed by atoms with van der Waals surface area (Å²) in [6.45, 7) is 3.77. The lowest BCUT2D eigenvalue weighted by molar-refractivity contribution is -0.139. The molecule has 0 fully saturated rings. The molecule has 0 aromatic heterocycles. The Kier molecular flexibility index (Phi) is 4.85. The van der Waals surface area contributed by atoms with E-state index in [-0.39, 0.29) is 12.3 Å². The van der Waals surface area contributed by atoms with Crippen molar-refractivity contribution in [3.8, 4) is 0 Å². The Bertz CT molecular complexity index is 471. The minimum Gasteiger partial charge on any atom is -0.457 e. The summed E-state index contributed by atoms with van der Waals surface area (Å²) in [5.41, 5.74) is 10.4. The number of esters is 1. The molecule has 4 heteroatoms. The molecule has 0 saturated heterocycles. The van der Waals surface area contributed by atoms with Crippen LogP contribution in [0, 0.1) is 0 Å². The quantitative estimate of drug-likeness (QED) is 0.345. The number of benzene rings is 1. The van der Waals surface area contributed by atoms with Crippen molar-refractivity contribution < 1.29 is 14.3 Å². The molecule has 0 amide bonds. The van der Waals surface area contributed by atoms with Crippen molar-refractivity contribution in [2.24, 2.45) is 0 Å². The molecule has 0 atom stereocenters. The second kappa shape index (κ2) is 6.40. The van der Waals surface area contributed by atoms with Crippen LogP contribution in [0.25, 0.3) is 11.1 Å². The second-order valence-electron chi connectivity index (χ2n) is 3.40. The van der Waals surface area contributed by atoms with E-state index in [0.29, 0.717) is 0 Å². The highest BCUT2D eigenvalue weighted by Crippen LogP contribution is 2.12. The molecule has 0 aliphatic heterocycles. The van der Waals surface area contributed by atoms with Crippen LogP contribution < -0.4 is 0 Å². The van der Waals surface area contributed by atoms with Crippen LogP contribution in [0.4, 0.5) is 0 Å². The standard InChI is InChI=1S/C13H14N2O2/c1-3-17-13(16)12(15-14)9-10(2)11-7-5-4-6-8-11/h4-9H,3H2,1-2H3/b10-9+. The van der Waals surface area contributed by atoms with E-state index in [1.807, 2.05) is 37.3 Å². The number of carbonyl (C=O) groups is 1. The van der Waals surface area contributed by atoms with E-state index in [1.54, 1.807) is 6.92 Å². The molecule has 4 nitrogen and oxygen atoms in total. The molecule has 0 aliphatic rings. The molecule has 0 spiro atoms. The Labute approximate surface area is 100 Å². The molecule has 1 aromatic rings. The van der Waals surface area contributed by atoms with Crippen LogP contribution in [0.3, 0.4) is 0 Å². The highest BCUT2D eigenvalue weighted by atomic mass is 16.5. The summed E-state index contributed by atoms with van der Waals surface area (Å²) in [6.07, 6.45) is 1.49. The minimum absolute atomic E-state index is 0.104. The summed E-state index contributed by atoms with van der Waals surface area (Å²) in [7, 11) is 0. The van der Waals surface area contributed by atoms with Crippen LogP contribution in [0.1, 0.15) is 19.4 Å². The molecule has 0 bridgehead atoms. The smallest absolute Gasteiger partial charge is 0.421 e. The molecule has 17 heavy (non-hydrogen) atoms. The molecule has 0 heterocycles. The van der Waals surface area contributed by atoms with E-state index >= 15 is 0 Å². The summed E-state index contributed by atoms with van der Waals surface area (Å²) in [5, 5.41) is 0. The Hall–Kier alpha value is -2.19. The molecule has 1 aromatic carbocycles. The molecular weight excluding hydrogens is 216 g/mol. The summed E-state index contributed by atoms with van der Waals surface area (Å²) < 4.78 is 4.76. The van der Waals surface area contributed by atoms with Gasteiger partial charge in [0.25, 0.3) is 0 Å². The molecule has 0 radical (unpaired) electrons. The summed E-state index contributed by atoms with van der Waals surface area (Å²) in [5.74, 6) is -0.634. The van der Waals surface area contributed by atoms with Crippen molar-refractivity contribution in [3.05, 3.63) is 47.5 Å². The largest absolute Gasteiger partial charge is 0.457 e. The first-order valence-electron chi connectivity index (χ1n) is 5.32. The topological polar surface area (TPSA) is 62.7 Å². The third kappa shape index (κ3) is 3.70. The van der Waals surface area contributed by atoms with Gasteiger partial charge in [-0.1, -0.05) is 30.3 Å². The van der Waals surface area contributed by atoms with E-state index in [0.717, 1.165) is 11.1 Å². The Morgan fingerprint density at radius 1 is 1.41 bits per heavy atom. The van der Waals surface area contributed by atoms with Crippen molar-refractivity contribution in [1.82, 2.24) is 0 Å². The van der Waals surface area contributed by atoms with Crippen molar-refractivity contribution in [1.29, 1.82) is 0 Å². The lowest BCUT2D eigenvalue weighted by Crippen LogP contribution is -2.16. The van der Waals surface area contributed by atoms with Gasteiger partial charge >= 0.3 is 11.7 Å². The SMILES string of the molecule is CCOC(=O)C(/C=C(\C)c1ccccc1)=[N+]=[N-]. The van der Waals surface area contributed by atoms with Crippen LogP contribution in [0.5, 0.6) is 0 Å². The van der Waals surface area contributed by atoms with Gasteiger partial charge in [-0.25, -0.2) is 4.79 Å². The highest BCUT2D eigenvalue weighted by Gasteiger charge is 2.18. The Morgan fingerprint density at radius 3 is 2.59 bits per heavy atom. The summed E-state index contributed by atoms with van der Waals surface area (Å²) in [4.78, 5) is 14.3. The molecule has 0 saturated carbocycles. The number of rotatable bonds is 4. The zero-order valence-corrected chi connectivity index (χ0v) is 9.88. The first-order chi connectivity index (χ1) is 8.19. The number of nitrogens with zero attached hydrogens (tertiary/aromatic N) is 2. The lowest BCUT2D eigenvalue weighted by atomic mass is 10.1. The maximum atomic E-state index is 11.4. The van der Waals surface area contributed by atoms with Crippen LogP contribution in [-0.2, 0) is 9.53 Å². The summed E-state index contributed by atoms with van der Waals surface area (Å²) in [6, 6.07) is 9.51.